The summed E-state index contributed by atoms with van der Waals surface area (Å²) in [4.78, 5) is 6.52. The third kappa shape index (κ3) is 2.60. The van der Waals surface area contributed by atoms with E-state index in [0.717, 1.165) is 23.1 Å². The zero-order valence-electron chi connectivity index (χ0n) is 11.7. The largest absolute Gasteiger partial charge is 0.384 e. The Hall–Kier alpha value is -2.40. The van der Waals surface area contributed by atoms with Crippen LogP contribution in [-0.2, 0) is 6.54 Å². The smallest absolute Gasteiger partial charge is 0.126 e. The molecule has 3 rings (SSSR count). The molecule has 5 heteroatoms. The van der Waals surface area contributed by atoms with Gasteiger partial charge in [0.25, 0.3) is 0 Å². The molecule has 0 saturated heterocycles. The SMILES string of the molecule is CN(Cc1ccsc1)c1c(C(=N)N)cnc2ccccc12. The van der Waals surface area contributed by atoms with Gasteiger partial charge in [0.05, 0.1) is 16.8 Å². The summed E-state index contributed by atoms with van der Waals surface area (Å²) in [5, 5.41) is 13.0. The summed E-state index contributed by atoms with van der Waals surface area (Å²) in [5.74, 6) is 0.0421. The number of nitrogens with zero attached hydrogens (tertiary/aromatic N) is 2. The summed E-state index contributed by atoms with van der Waals surface area (Å²) >= 11 is 1.68. The van der Waals surface area contributed by atoms with E-state index >= 15 is 0 Å². The maximum atomic E-state index is 7.81. The standard InChI is InChI=1S/C16H16N4S/c1-20(9-11-6-7-21-10-11)15-12-4-2-3-5-14(12)19-8-13(15)16(17)18/h2-8,10H,9H2,1H3,(H3,17,18). The molecule has 0 saturated carbocycles. The van der Waals surface area contributed by atoms with Crippen LogP contribution in [0.25, 0.3) is 10.9 Å². The van der Waals surface area contributed by atoms with E-state index in [4.69, 9.17) is 11.1 Å². The van der Waals surface area contributed by atoms with Gasteiger partial charge in [0.1, 0.15) is 5.84 Å². The lowest BCUT2D eigenvalue weighted by Crippen LogP contribution is -2.22. The zero-order valence-corrected chi connectivity index (χ0v) is 12.5. The minimum absolute atomic E-state index is 0.0421. The molecule has 3 N–H and O–H groups in total. The van der Waals surface area contributed by atoms with Crippen LogP contribution in [0.15, 0.2) is 47.3 Å². The molecule has 0 spiro atoms. The van der Waals surface area contributed by atoms with Crippen LogP contribution in [0.4, 0.5) is 5.69 Å². The minimum atomic E-state index is 0.0421. The van der Waals surface area contributed by atoms with Crippen molar-refractivity contribution in [3.05, 3.63) is 58.4 Å². The van der Waals surface area contributed by atoms with E-state index in [1.165, 1.54) is 5.56 Å². The third-order valence-corrected chi connectivity index (χ3v) is 4.15. The van der Waals surface area contributed by atoms with Crippen molar-refractivity contribution in [3.63, 3.8) is 0 Å². The highest BCUT2D eigenvalue weighted by atomic mass is 32.1. The number of fused-ring (bicyclic) bond motifs is 1. The summed E-state index contributed by atoms with van der Waals surface area (Å²) in [6.07, 6.45) is 1.68. The maximum absolute atomic E-state index is 7.81. The van der Waals surface area contributed by atoms with E-state index in [9.17, 15) is 0 Å². The minimum Gasteiger partial charge on any atom is -0.384 e. The highest BCUT2D eigenvalue weighted by Gasteiger charge is 2.15. The molecule has 21 heavy (non-hydrogen) atoms. The van der Waals surface area contributed by atoms with Crippen LogP contribution in [0, 0.1) is 5.41 Å². The number of amidine groups is 1. The van der Waals surface area contributed by atoms with E-state index in [0.29, 0.717) is 5.56 Å². The fourth-order valence-electron chi connectivity index (χ4n) is 2.47. The fraction of sp³-hybridized carbons (Fsp3) is 0.125. The van der Waals surface area contributed by atoms with Gasteiger partial charge in [0, 0.05) is 25.2 Å². The van der Waals surface area contributed by atoms with Gasteiger partial charge in [-0.05, 0) is 28.5 Å². The first-order chi connectivity index (χ1) is 10.2. The van der Waals surface area contributed by atoms with Gasteiger partial charge < -0.3 is 10.6 Å². The van der Waals surface area contributed by atoms with Crippen LogP contribution in [0.2, 0.25) is 0 Å². The van der Waals surface area contributed by atoms with Gasteiger partial charge in [0.2, 0.25) is 0 Å². The molecular weight excluding hydrogens is 280 g/mol. The Morgan fingerprint density at radius 3 is 2.86 bits per heavy atom. The van der Waals surface area contributed by atoms with Crippen molar-refractivity contribution < 1.29 is 0 Å². The molecular formula is C16H16N4S. The first-order valence-corrected chi connectivity index (χ1v) is 7.55. The Labute approximate surface area is 127 Å². The topological polar surface area (TPSA) is 66.0 Å². The maximum Gasteiger partial charge on any atom is 0.126 e. The molecule has 0 aliphatic carbocycles. The Morgan fingerprint density at radius 1 is 1.33 bits per heavy atom. The van der Waals surface area contributed by atoms with Gasteiger partial charge in [-0.2, -0.15) is 11.3 Å². The molecule has 0 atom stereocenters. The van der Waals surface area contributed by atoms with Crippen LogP contribution < -0.4 is 10.6 Å². The molecule has 0 bridgehead atoms. The van der Waals surface area contributed by atoms with Crippen molar-refractivity contribution in [1.29, 1.82) is 5.41 Å². The summed E-state index contributed by atoms with van der Waals surface area (Å²) < 4.78 is 0. The molecule has 0 radical (unpaired) electrons. The van der Waals surface area contributed by atoms with Crippen LogP contribution in [-0.4, -0.2) is 17.9 Å². The van der Waals surface area contributed by atoms with Crippen LogP contribution in [0.1, 0.15) is 11.1 Å². The predicted molar refractivity (Wildman–Crippen MR) is 89.2 cm³/mol. The third-order valence-electron chi connectivity index (χ3n) is 3.42. The molecule has 0 fully saturated rings. The van der Waals surface area contributed by atoms with Gasteiger partial charge in [0.15, 0.2) is 0 Å². The average molecular weight is 296 g/mol. The molecule has 3 aromatic rings. The van der Waals surface area contributed by atoms with E-state index in [-0.39, 0.29) is 5.84 Å². The number of benzene rings is 1. The number of nitrogens with one attached hydrogen (secondary N) is 1. The van der Waals surface area contributed by atoms with Gasteiger partial charge in [-0.25, -0.2) is 0 Å². The number of hydrogen-bond donors (Lipinski definition) is 2. The van der Waals surface area contributed by atoms with Crippen LogP contribution in [0.3, 0.4) is 0 Å². The number of nitrogen functional groups attached to an aromatic ring is 1. The van der Waals surface area contributed by atoms with Crippen LogP contribution >= 0.6 is 11.3 Å². The second kappa shape index (κ2) is 5.54. The second-order valence-electron chi connectivity index (χ2n) is 4.94. The van der Waals surface area contributed by atoms with E-state index < -0.39 is 0 Å². The van der Waals surface area contributed by atoms with Crippen molar-refractivity contribution in [2.45, 2.75) is 6.54 Å². The number of aromatic nitrogens is 1. The van der Waals surface area contributed by atoms with Crippen molar-refractivity contribution >= 4 is 33.8 Å². The number of anilines is 1. The van der Waals surface area contributed by atoms with Gasteiger partial charge >= 0.3 is 0 Å². The summed E-state index contributed by atoms with van der Waals surface area (Å²) in [6, 6.07) is 10.1. The van der Waals surface area contributed by atoms with Gasteiger partial charge in [-0.3, -0.25) is 10.4 Å². The highest BCUT2D eigenvalue weighted by Crippen LogP contribution is 2.29. The summed E-state index contributed by atoms with van der Waals surface area (Å²) in [5.41, 5.74) is 9.53. The van der Waals surface area contributed by atoms with Crippen molar-refractivity contribution in [3.8, 4) is 0 Å². The lowest BCUT2D eigenvalue weighted by atomic mass is 10.1. The quantitative estimate of drug-likeness (QED) is 0.574. The molecule has 0 amide bonds. The van der Waals surface area contributed by atoms with E-state index in [2.05, 4.69) is 26.7 Å². The summed E-state index contributed by atoms with van der Waals surface area (Å²) in [6.45, 7) is 0.776. The Balaban J connectivity index is 2.13. The predicted octanol–water partition coefficient (Wildman–Crippen LogP) is 3.22. The lowest BCUT2D eigenvalue weighted by molar-refractivity contribution is 0.929. The number of rotatable bonds is 4. The number of hydrogen-bond acceptors (Lipinski definition) is 4. The second-order valence-corrected chi connectivity index (χ2v) is 5.72. The molecule has 0 aliphatic rings. The first kappa shape index (κ1) is 13.6. The molecule has 106 valence electrons. The molecule has 1 aromatic carbocycles. The molecule has 4 nitrogen and oxygen atoms in total. The summed E-state index contributed by atoms with van der Waals surface area (Å²) in [7, 11) is 2.02. The lowest BCUT2D eigenvalue weighted by Gasteiger charge is -2.23. The van der Waals surface area contributed by atoms with E-state index in [1.807, 2.05) is 31.3 Å². The number of thiophene rings is 1. The molecule has 2 aromatic heterocycles. The average Bonchev–Trinajstić information content (AvgIpc) is 2.98. The van der Waals surface area contributed by atoms with Gasteiger partial charge in [-0.15, -0.1) is 0 Å². The highest BCUT2D eigenvalue weighted by molar-refractivity contribution is 7.07. The van der Waals surface area contributed by atoms with Gasteiger partial charge in [-0.1, -0.05) is 18.2 Å². The van der Waals surface area contributed by atoms with E-state index in [1.54, 1.807) is 17.5 Å². The van der Waals surface area contributed by atoms with Crippen molar-refractivity contribution in [2.75, 3.05) is 11.9 Å². The van der Waals surface area contributed by atoms with Crippen molar-refractivity contribution in [2.24, 2.45) is 5.73 Å². The normalized spacial score (nSPS) is 10.7. The molecule has 0 unspecified atom stereocenters. The fourth-order valence-corrected chi connectivity index (χ4v) is 3.13. The Bertz CT molecular complexity index is 780. The zero-order chi connectivity index (χ0) is 14.8. The first-order valence-electron chi connectivity index (χ1n) is 6.61. The van der Waals surface area contributed by atoms with Crippen molar-refractivity contribution in [1.82, 2.24) is 4.98 Å². The number of pyridine rings is 1. The number of nitrogens with two attached hydrogens (primary N) is 1. The molecule has 2 heterocycles. The monoisotopic (exact) mass is 296 g/mol. The molecule has 0 aliphatic heterocycles. The number of para-hydroxylation sites is 1. The Kier molecular flexibility index (Phi) is 3.58. The Morgan fingerprint density at radius 2 is 2.14 bits per heavy atom. The van der Waals surface area contributed by atoms with Crippen LogP contribution in [0.5, 0.6) is 0 Å².